The Bertz CT molecular complexity index is 420. The fourth-order valence-corrected chi connectivity index (χ4v) is 2.18. The van der Waals surface area contributed by atoms with Crippen molar-refractivity contribution in [1.29, 1.82) is 0 Å². The number of carbonyl (C=O) groups excluding carboxylic acids is 1. The highest BCUT2D eigenvalue weighted by Gasteiger charge is 2.23. The fourth-order valence-electron chi connectivity index (χ4n) is 1.43. The van der Waals surface area contributed by atoms with Gasteiger partial charge in [0.15, 0.2) is 5.16 Å². The molecule has 0 atom stereocenters. The minimum atomic E-state index is 0.0805. The SMILES string of the molecule is Cc1nc(SCC(=O)NC2CC2)nc(C)c1C. The van der Waals surface area contributed by atoms with E-state index < -0.39 is 0 Å². The van der Waals surface area contributed by atoms with Crippen LogP contribution >= 0.6 is 11.8 Å². The summed E-state index contributed by atoms with van der Waals surface area (Å²) in [4.78, 5) is 20.3. The first-order valence-electron chi connectivity index (χ1n) is 5.80. The maximum atomic E-state index is 11.5. The van der Waals surface area contributed by atoms with Crippen LogP contribution in [-0.2, 0) is 4.79 Å². The number of carbonyl (C=O) groups is 1. The van der Waals surface area contributed by atoms with E-state index in [4.69, 9.17) is 0 Å². The summed E-state index contributed by atoms with van der Waals surface area (Å²) in [5.74, 6) is 0.482. The number of aryl methyl sites for hydroxylation is 2. The fraction of sp³-hybridized carbons (Fsp3) is 0.583. The second-order valence-corrected chi connectivity index (χ2v) is 5.37. The third-order valence-corrected chi connectivity index (χ3v) is 3.73. The summed E-state index contributed by atoms with van der Waals surface area (Å²) >= 11 is 1.40. The summed E-state index contributed by atoms with van der Waals surface area (Å²) in [6.07, 6.45) is 2.24. The van der Waals surface area contributed by atoms with E-state index in [0.717, 1.165) is 29.8 Å². The Morgan fingerprint density at radius 1 is 1.29 bits per heavy atom. The molecule has 1 N–H and O–H groups in total. The first-order chi connectivity index (χ1) is 8.06. The lowest BCUT2D eigenvalue weighted by Gasteiger charge is -2.06. The van der Waals surface area contributed by atoms with Gasteiger partial charge in [0.2, 0.25) is 5.91 Å². The largest absolute Gasteiger partial charge is 0.353 e. The van der Waals surface area contributed by atoms with Crippen molar-refractivity contribution in [3.8, 4) is 0 Å². The van der Waals surface area contributed by atoms with Crippen LogP contribution in [-0.4, -0.2) is 27.7 Å². The van der Waals surface area contributed by atoms with E-state index >= 15 is 0 Å². The second-order valence-electron chi connectivity index (χ2n) is 4.43. The van der Waals surface area contributed by atoms with Gasteiger partial charge in [-0.15, -0.1) is 0 Å². The van der Waals surface area contributed by atoms with Crippen molar-refractivity contribution in [2.45, 2.75) is 44.8 Å². The summed E-state index contributed by atoms with van der Waals surface area (Å²) in [5.41, 5.74) is 3.10. The van der Waals surface area contributed by atoms with E-state index in [1.165, 1.54) is 11.8 Å². The van der Waals surface area contributed by atoms with Crippen molar-refractivity contribution < 1.29 is 4.79 Å². The number of hydrogen-bond donors (Lipinski definition) is 1. The third kappa shape index (κ3) is 3.43. The predicted octanol–water partition coefficient (Wildman–Crippen LogP) is 1.77. The van der Waals surface area contributed by atoms with Crippen molar-refractivity contribution in [2.75, 3.05) is 5.75 Å². The minimum absolute atomic E-state index is 0.0805. The molecule has 2 rings (SSSR count). The molecule has 1 saturated carbocycles. The molecule has 0 aromatic carbocycles. The predicted molar refractivity (Wildman–Crippen MR) is 68.1 cm³/mol. The van der Waals surface area contributed by atoms with Crippen molar-refractivity contribution in [3.05, 3.63) is 17.0 Å². The summed E-state index contributed by atoms with van der Waals surface area (Å²) in [5, 5.41) is 3.64. The monoisotopic (exact) mass is 251 g/mol. The van der Waals surface area contributed by atoms with Crippen molar-refractivity contribution in [2.24, 2.45) is 0 Å². The molecule has 1 heterocycles. The Morgan fingerprint density at radius 3 is 2.41 bits per heavy atom. The molecule has 1 aromatic rings. The van der Waals surface area contributed by atoms with E-state index in [1.807, 2.05) is 20.8 Å². The van der Waals surface area contributed by atoms with E-state index in [9.17, 15) is 4.79 Å². The zero-order chi connectivity index (χ0) is 12.4. The Hall–Kier alpha value is -1.10. The van der Waals surface area contributed by atoms with Gasteiger partial charge in [-0.3, -0.25) is 4.79 Å². The van der Waals surface area contributed by atoms with Gasteiger partial charge < -0.3 is 5.32 Å². The van der Waals surface area contributed by atoms with Gasteiger partial charge in [-0.25, -0.2) is 9.97 Å². The Balaban J connectivity index is 1.91. The molecule has 1 fully saturated rings. The molecule has 1 amide bonds. The number of aromatic nitrogens is 2. The molecular formula is C12H17N3OS. The van der Waals surface area contributed by atoms with Crippen LogP contribution in [0.4, 0.5) is 0 Å². The smallest absolute Gasteiger partial charge is 0.230 e. The van der Waals surface area contributed by atoms with Gasteiger partial charge in [-0.1, -0.05) is 11.8 Å². The molecule has 0 aliphatic heterocycles. The normalized spacial score (nSPS) is 14.8. The molecule has 92 valence electrons. The topological polar surface area (TPSA) is 54.9 Å². The van der Waals surface area contributed by atoms with Crippen molar-refractivity contribution >= 4 is 17.7 Å². The molecule has 17 heavy (non-hydrogen) atoms. The molecular weight excluding hydrogens is 234 g/mol. The molecule has 0 bridgehead atoms. The Kier molecular flexibility index (Phi) is 3.66. The number of amides is 1. The van der Waals surface area contributed by atoms with Crippen LogP contribution in [0, 0.1) is 20.8 Å². The first-order valence-corrected chi connectivity index (χ1v) is 6.79. The van der Waals surface area contributed by atoms with Gasteiger partial charge in [-0.05, 0) is 39.2 Å². The molecule has 4 nitrogen and oxygen atoms in total. The van der Waals surface area contributed by atoms with Crippen LogP contribution in [0.5, 0.6) is 0 Å². The second kappa shape index (κ2) is 5.04. The number of nitrogens with one attached hydrogen (secondary N) is 1. The molecule has 1 aliphatic rings. The van der Waals surface area contributed by atoms with E-state index in [-0.39, 0.29) is 5.91 Å². The molecule has 1 aliphatic carbocycles. The maximum Gasteiger partial charge on any atom is 0.230 e. The quantitative estimate of drug-likeness (QED) is 0.654. The lowest BCUT2D eigenvalue weighted by molar-refractivity contribution is -0.118. The van der Waals surface area contributed by atoms with Gasteiger partial charge in [0.25, 0.3) is 0 Å². The minimum Gasteiger partial charge on any atom is -0.353 e. The summed E-state index contributed by atoms with van der Waals surface area (Å²) in [7, 11) is 0. The van der Waals surface area contributed by atoms with Crippen LogP contribution in [0.2, 0.25) is 0 Å². The molecule has 0 saturated heterocycles. The zero-order valence-corrected chi connectivity index (χ0v) is 11.2. The molecule has 5 heteroatoms. The van der Waals surface area contributed by atoms with Gasteiger partial charge in [0.1, 0.15) is 0 Å². The molecule has 0 unspecified atom stereocenters. The van der Waals surface area contributed by atoms with Gasteiger partial charge >= 0.3 is 0 Å². The highest BCUT2D eigenvalue weighted by atomic mass is 32.2. The molecule has 0 spiro atoms. The number of nitrogens with zero attached hydrogens (tertiary/aromatic N) is 2. The summed E-state index contributed by atoms with van der Waals surface area (Å²) < 4.78 is 0. The van der Waals surface area contributed by atoms with Gasteiger partial charge in [0.05, 0.1) is 5.75 Å². The molecule has 0 radical (unpaired) electrons. The van der Waals surface area contributed by atoms with Crippen LogP contribution in [0.15, 0.2) is 5.16 Å². The van der Waals surface area contributed by atoms with Crippen molar-refractivity contribution in [1.82, 2.24) is 15.3 Å². The number of rotatable bonds is 4. The van der Waals surface area contributed by atoms with Crippen molar-refractivity contribution in [3.63, 3.8) is 0 Å². The highest BCUT2D eigenvalue weighted by Crippen LogP contribution is 2.20. The van der Waals surface area contributed by atoms with Gasteiger partial charge in [0, 0.05) is 17.4 Å². The summed E-state index contributed by atoms with van der Waals surface area (Å²) in [6, 6.07) is 0.422. The lowest BCUT2D eigenvalue weighted by Crippen LogP contribution is -2.27. The van der Waals surface area contributed by atoms with Crippen LogP contribution in [0.1, 0.15) is 29.8 Å². The highest BCUT2D eigenvalue weighted by molar-refractivity contribution is 7.99. The van der Waals surface area contributed by atoms with E-state index in [1.54, 1.807) is 0 Å². The van der Waals surface area contributed by atoms with Gasteiger partial charge in [-0.2, -0.15) is 0 Å². The first kappa shape index (κ1) is 12.4. The van der Waals surface area contributed by atoms with E-state index in [2.05, 4.69) is 15.3 Å². The Labute approximate surface area is 106 Å². The zero-order valence-electron chi connectivity index (χ0n) is 10.4. The number of thioether (sulfide) groups is 1. The number of hydrogen-bond acceptors (Lipinski definition) is 4. The van der Waals surface area contributed by atoms with Crippen LogP contribution < -0.4 is 5.32 Å². The van der Waals surface area contributed by atoms with Crippen LogP contribution in [0.25, 0.3) is 0 Å². The molecule has 1 aromatic heterocycles. The summed E-state index contributed by atoms with van der Waals surface area (Å²) in [6.45, 7) is 5.95. The standard InChI is InChI=1S/C12H17N3OS/c1-7-8(2)13-12(14-9(7)3)17-6-11(16)15-10-4-5-10/h10H,4-6H2,1-3H3,(H,15,16). The average Bonchev–Trinajstić information content (AvgIpc) is 3.06. The Morgan fingerprint density at radius 2 is 1.88 bits per heavy atom. The maximum absolute atomic E-state index is 11.5. The third-order valence-electron chi connectivity index (χ3n) is 2.89. The van der Waals surface area contributed by atoms with E-state index in [0.29, 0.717) is 17.0 Å². The average molecular weight is 251 g/mol. The lowest BCUT2D eigenvalue weighted by atomic mass is 10.2. The van der Waals surface area contributed by atoms with Crippen LogP contribution in [0.3, 0.4) is 0 Å².